The zero-order chi connectivity index (χ0) is 33.3. The van der Waals surface area contributed by atoms with Gasteiger partial charge in [0, 0.05) is 12.3 Å². The zero-order valence-corrected chi connectivity index (χ0v) is 28.1. The van der Waals surface area contributed by atoms with Gasteiger partial charge in [-0.3, -0.25) is 4.55 Å². The molecule has 5 rings (SSSR count). The van der Waals surface area contributed by atoms with Crippen LogP contribution in [0.3, 0.4) is 0 Å². The van der Waals surface area contributed by atoms with E-state index in [1.807, 2.05) is 13.8 Å². The van der Waals surface area contributed by atoms with Crippen molar-refractivity contribution in [3.63, 3.8) is 0 Å². The van der Waals surface area contributed by atoms with E-state index in [9.17, 15) is 39.1 Å². The zero-order valence-electron chi connectivity index (χ0n) is 27.2. The molecule has 262 valence electrons. The average Bonchev–Trinajstić information content (AvgIpc) is 3.21. The first-order chi connectivity index (χ1) is 20.8. The first-order valence-electron chi connectivity index (χ1n) is 16.9. The molecule has 9 unspecified atom stereocenters. The van der Waals surface area contributed by atoms with Crippen molar-refractivity contribution in [2.24, 2.45) is 46.3 Å². The summed E-state index contributed by atoms with van der Waals surface area (Å²) in [7, 11) is -4.93. The Labute approximate surface area is 267 Å². The number of hydrogen-bond donors (Lipinski definition) is 7. The summed E-state index contributed by atoms with van der Waals surface area (Å²) in [6.45, 7) is 10.1. The van der Waals surface area contributed by atoms with Gasteiger partial charge in [-0.2, -0.15) is 8.42 Å². The summed E-state index contributed by atoms with van der Waals surface area (Å²) < 4.78 is 47.7. The molecule has 5 fully saturated rings. The molecule has 4 aliphatic carbocycles. The third-order valence-corrected chi connectivity index (χ3v) is 13.5. The topological polar surface area (TPSA) is 203 Å². The van der Waals surface area contributed by atoms with Crippen LogP contribution < -0.4 is 0 Å². The summed E-state index contributed by atoms with van der Waals surface area (Å²) >= 11 is 0. The van der Waals surface area contributed by atoms with Gasteiger partial charge < -0.3 is 40.1 Å². The van der Waals surface area contributed by atoms with Crippen molar-refractivity contribution in [3.05, 3.63) is 0 Å². The molecule has 0 bridgehead atoms. The van der Waals surface area contributed by atoms with Gasteiger partial charge in [0.05, 0.1) is 36.6 Å². The second-order valence-electron chi connectivity index (χ2n) is 16.0. The maximum Gasteiger partial charge on any atom is 0.397 e. The highest BCUT2D eigenvalue weighted by Crippen LogP contribution is 2.69. The summed E-state index contributed by atoms with van der Waals surface area (Å²) in [5, 5.41) is 66.6. The Kier molecular flexibility index (Phi) is 10.2. The Hall–Kier alpha value is -0.450. The molecule has 0 radical (unpaired) electrons. The van der Waals surface area contributed by atoms with Crippen molar-refractivity contribution in [2.75, 3.05) is 6.61 Å². The molecule has 1 aliphatic heterocycles. The van der Waals surface area contributed by atoms with Crippen LogP contribution in [-0.4, -0.2) is 105 Å². The van der Waals surface area contributed by atoms with E-state index < -0.39 is 65.0 Å². The second-order valence-corrected chi connectivity index (χ2v) is 17.1. The maximum absolute atomic E-state index is 12.5. The summed E-state index contributed by atoms with van der Waals surface area (Å²) in [4.78, 5) is 0. The summed E-state index contributed by atoms with van der Waals surface area (Å²) in [6.07, 6.45) is -2.60. The maximum atomic E-state index is 12.5. The molecule has 16 atom stereocenters. The molecular weight excluding hydrogens is 608 g/mol. The molecule has 0 aromatic carbocycles. The van der Waals surface area contributed by atoms with Crippen LogP contribution in [0.2, 0.25) is 0 Å². The highest BCUT2D eigenvalue weighted by atomic mass is 32.3. The largest absolute Gasteiger partial charge is 0.397 e. The minimum Gasteiger partial charge on any atom is -0.393 e. The number of aliphatic hydroxyl groups is 6. The van der Waals surface area contributed by atoms with E-state index in [-0.39, 0.29) is 59.4 Å². The lowest BCUT2D eigenvalue weighted by molar-refractivity contribution is -0.283. The molecule has 12 nitrogen and oxygen atoms in total. The van der Waals surface area contributed by atoms with Gasteiger partial charge in [0.15, 0.2) is 6.29 Å². The molecule has 1 saturated heterocycles. The molecular formula is C32H56O12S. The van der Waals surface area contributed by atoms with Crippen molar-refractivity contribution >= 4 is 10.4 Å². The molecule has 7 N–H and O–H groups in total. The van der Waals surface area contributed by atoms with E-state index in [0.29, 0.717) is 25.7 Å². The van der Waals surface area contributed by atoms with Crippen molar-refractivity contribution in [3.8, 4) is 0 Å². The Morgan fingerprint density at radius 1 is 0.911 bits per heavy atom. The molecule has 45 heavy (non-hydrogen) atoms. The Bertz CT molecular complexity index is 1150. The van der Waals surface area contributed by atoms with E-state index in [1.54, 1.807) is 0 Å². The number of ether oxygens (including phenoxy) is 2. The fourth-order valence-corrected chi connectivity index (χ4v) is 11.4. The summed E-state index contributed by atoms with van der Waals surface area (Å²) in [5.41, 5.74) is -1.84. The number of aliphatic hydroxyl groups excluding tert-OH is 5. The monoisotopic (exact) mass is 664 g/mol. The van der Waals surface area contributed by atoms with Crippen LogP contribution in [0.5, 0.6) is 0 Å². The van der Waals surface area contributed by atoms with Gasteiger partial charge in [0.25, 0.3) is 0 Å². The van der Waals surface area contributed by atoms with E-state index in [4.69, 9.17) is 14.0 Å². The van der Waals surface area contributed by atoms with Crippen LogP contribution in [0, 0.1) is 46.3 Å². The van der Waals surface area contributed by atoms with Crippen molar-refractivity contribution in [1.29, 1.82) is 0 Å². The van der Waals surface area contributed by atoms with E-state index >= 15 is 0 Å². The molecule has 0 aromatic rings. The lowest BCUT2D eigenvalue weighted by atomic mass is 9.42. The van der Waals surface area contributed by atoms with Crippen LogP contribution in [0.4, 0.5) is 0 Å². The van der Waals surface area contributed by atoms with Gasteiger partial charge >= 0.3 is 10.4 Å². The first kappa shape index (κ1) is 35.8. The van der Waals surface area contributed by atoms with Crippen LogP contribution >= 0.6 is 0 Å². The van der Waals surface area contributed by atoms with E-state index in [0.717, 1.165) is 25.7 Å². The predicted molar refractivity (Wildman–Crippen MR) is 162 cm³/mol. The molecule has 5 aliphatic rings. The number of fused-ring (bicyclic) bond motifs is 5. The minimum absolute atomic E-state index is 0.000809. The predicted octanol–water partition coefficient (Wildman–Crippen LogP) is 1.79. The fraction of sp³-hybridized carbons (Fsp3) is 1.00. The summed E-state index contributed by atoms with van der Waals surface area (Å²) in [5.74, 6) is -0.228. The van der Waals surface area contributed by atoms with E-state index in [1.165, 1.54) is 0 Å². The van der Waals surface area contributed by atoms with E-state index in [2.05, 4.69) is 25.0 Å². The first-order valence-corrected chi connectivity index (χ1v) is 18.2. The highest BCUT2D eigenvalue weighted by molar-refractivity contribution is 7.80. The van der Waals surface area contributed by atoms with Gasteiger partial charge in [-0.15, -0.1) is 0 Å². The van der Waals surface area contributed by atoms with Crippen molar-refractivity contribution < 1.29 is 57.3 Å². The third kappa shape index (κ3) is 6.50. The quantitative estimate of drug-likeness (QED) is 0.176. The Morgan fingerprint density at radius 2 is 1.58 bits per heavy atom. The van der Waals surface area contributed by atoms with Crippen LogP contribution in [-0.2, 0) is 24.1 Å². The summed E-state index contributed by atoms with van der Waals surface area (Å²) in [6, 6.07) is 0. The normalized spacial score (nSPS) is 50.0. The van der Waals surface area contributed by atoms with Crippen molar-refractivity contribution in [2.45, 2.75) is 147 Å². The van der Waals surface area contributed by atoms with Crippen LogP contribution in [0.25, 0.3) is 0 Å². The molecule has 0 spiro atoms. The minimum atomic E-state index is -4.93. The second kappa shape index (κ2) is 12.8. The molecule has 4 saturated carbocycles. The Morgan fingerprint density at radius 3 is 2.22 bits per heavy atom. The van der Waals surface area contributed by atoms with Crippen molar-refractivity contribution in [1.82, 2.24) is 0 Å². The third-order valence-electron chi connectivity index (χ3n) is 13.0. The SMILES string of the molecule is CC(C)[C@H](CC[C@@H](C)C1CC(O)C2[C@]1(C)CCC1[C@@]3(C)CC[C@H](O)CC3[C@@H](O)C[C@]12O)OC1OCC(O)C(OS(=O)(=O)O)C1O. The molecule has 0 aromatic heterocycles. The van der Waals surface area contributed by atoms with Gasteiger partial charge in [-0.1, -0.05) is 34.6 Å². The molecule has 13 heteroatoms. The molecule has 0 amide bonds. The standard InChI is InChI=1S/C32H56O12S/c1-16(2)24(43-29-26(37)27(23(36)15-42-29)44-45(39,40)41)7-6-17(3)19-13-21(34)28-31(19,5)11-9-25-30(4)10-8-18(33)12-20(30)22(35)14-32(25,28)38/h16-29,33-38H,6-15H2,1-5H3,(H,39,40,41)/t17-,18+,19?,20?,21?,22+,23?,24+,25?,26?,27?,28?,29?,30+,31-,32+/m1/s1. The molecule has 1 heterocycles. The van der Waals surface area contributed by atoms with Crippen LogP contribution in [0.15, 0.2) is 0 Å². The highest BCUT2D eigenvalue weighted by Gasteiger charge is 2.70. The lowest BCUT2D eigenvalue weighted by Gasteiger charge is -2.66. The van der Waals surface area contributed by atoms with Gasteiger partial charge in [0.2, 0.25) is 0 Å². The fourth-order valence-electron chi connectivity index (χ4n) is 10.9. The smallest absolute Gasteiger partial charge is 0.393 e. The Balaban J connectivity index is 1.27. The number of hydrogen-bond acceptors (Lipinski definition) is 11. The lowest BCUT2D eigenvalue weighted by Crippen LogP contribution is -2.68. The number of rotatable bonds is 9. The van der Waals surface area contributed by atoms with Gasteiger partial charge in [-0.25, -0.2) is 4.18 Å². The van der Waals surface area contributed by atoms with Gasteiger partial charge in [-0.05, 0) is 91.8 Å². The average molecular weight is 665 g/mol. The van der Waals surface area contributed by atoms with Gasteiger partial charge in [0.1, 0.15) is 18.3 Å². The van der Waals surface area contributed by atoms with Crippen LogP contribution in [0.1, 0.15) is 92.4 Å².